The van der Waals surface area contributed by atoms with Gasteiger partial charge in [0.25, 0.3) is 11.6 Å². The summed E-state index contributed by atoms with van der Waals surface area (Å²) in [7, 11) is 1.34. The van der Waals surface area contributed by atoms with Crippen LogP contribution < -0.4 is 10.1 Å². The van der Waals surface area contributed by atoms with E-state index in [-0.39, 0.29) is 33.5 Å². The number of carbonyl (C=O) groups excluding carboxylic acids is 2. The minimum Gasteiger partial charge on any atom is -0.507 e. The number of methoxy groups -OCH3 is 1. The fourth-order valence-corrected chi connectivity index (χ4v) is 2.26. The van der Waals surface area contributed by atoms with Gasteiger partial charge in [0, 0.05) is 17.2 Å². The van der Waals surface area contributed by atoms with Crippen LogP contribution >= 0.6 is 11.6 Å². The fourth-order valence-electron chi connectivity index (χ4n) is 2.10. The molecule has 0 saturated carbocycles. The summed E-state index contributed by atoms with van der Waals surface area (Å²) in [4.78, 5) is 34.6. The first kappa shape index (κ1) is 20.0. The number of esters is 1. The number of halogens is 1. The second kappa shape index (κ2) is 8.37. The predicted molar refractivity (Wildman–Crippen MR) is 96.3 cm³/mol. The van der Waals surface area contributed by atoms with Crippen molar-refractivity contribution in [3.8, 4) is 11.5 Å². The van der Waals surface area contributed by atoms with E-state index in [1.807, 2.05) is 0 Å². The molecule has 2 aromatic carbocycles. The minimum absolute atomic E-state index is 0.0499. The lowest BCUT2D eigenvalue weighted by molar-refractivity contribution is -0.384. The molecule has 0 aliphatic heterocycles. The first-order valence-corrected chi connectivity index (χ1v) is 7.93. The molecule has 2 aromatic rings. The molecule has 0 bridgehead atoms. The Hall–Kier alpha value is -3.33. The van der Waals surface area contributed by atoms with Crippen LogP contribution in [-0.2, 0) is 9.53 Å². The van der Waals surface area contributed by atoms with Gasteiger partial charge in [0.2, 0.25) is 0 Å². The lowest BCUT2D eigenvalue weighted by Crippen LogP contribution is -2.30. The number of nitrogens with zero attached hydrogens (tertiary/aromatic N) is 1. The normalized spacial score (nSPS) is 11.4. The van der Waals surface area contributed by atoms with E-state index in [0.29, 0.717) is 0 Å². The summed E-state index contributed by atoms with van der Waals surface area (Å²) >= 11 is 5.70. The van der Waals surface area contributed by atoms with Crippen molar-refractivity contribution in [3.05, 3.63) is 57.1 Å². The van der Waals surface area contributed by atoms with Crippen LogP contribution in [0.4, 0.5) is 11.4 Å². The zero-order chi connectivity index (χ0) is 20.1. The number of nitrogens with one attached hydrogen (secondary N) is 1. The summed E-state index contributed by atoms with van der Waals surface area (Å²) in [5.74, 6) is -1.86. The molecule has 0 aromatic heterocycles. The van der Waals surface area contributed by atoms with E-state index < -0.39 is 22.9 Å². The molecule has 9 nitrogen and oxygen atoms in total. The summed E-state index contributed by atoms with van der Waals surface area (Å²) in [5.41, 5.74) is -0.359. The lowest BCUT2D eigenvalue weighted by atomic mass is 10.2. The van der Waals surface area contributed by atoms with Crippen LogP contribution in [0.2, 0.25) is 5.02 Å². The molecular weight excluding hydrogens is 380 g/mol. The number of amides is 1. The molecule has 10 heteroatoms. The Morgan fingerprint density at radius 2 is 1.96 bits per heavy atom. The topological polar surface area (TPSA) is 128 Å². The fraction of sp³-hybridized carbons (Fsp3) is 0.176. The van der Waals surface area contributed by atoms with Gasteiger partial charge >= 0.3 is 5.97 Å². The monoisotopic (exact) mass is 394 g/mol. The number of nitro groups is 1. The Morgan fingerprint density at radius 3 is 2.56 bits per heavy atom. The average Bonchev–Trinajstić information content (AvgIpc) is 2.61. The van der Waals surface area contributed by atoms with E-state index in [2.05, 4.69) is 5.32 Å². The number of rotatable bonds is 6. The van der Waals surface area contributed by atoms with Crippen LogP contribution in [0.5, 0.6) is 11.5 Å². The van der Waals surface area contributed by atoms with Crippen molar-refractivity contribution in [1.29, 1.82) is 0 Å². The number of hydrogen-bond acceptors (Lipinski definition) is 7. The third kappa shape index (κ3) is 4.85. The van der Waals surface area contributed by atoms with E-state index in [9.17, 15) is 24.8 Å². The molecule has 1 amide bonds. The first-order chi connectivity index (χ1) is 12.7. The van der Waals surface area contributed by atoms with E-state index in [1.165, 1.54) is 38.3 Å². The zero-order valence-corrected chi connectivity index (χ0v) is 15.0. The molecular formula is C17H15ClN2O7. The molecule has 142 valence electrons. The Bertz CT molecular complexity index is 901. The predicted octanol–water partition coefficient (Wildman–Crippen LogP) is 3.15. The molecule has 0 heterocycles. The second-order valence-electron chi connectivity index (χ2n) is 5.34. The van der Waals surface area contributed by atoms with Crippen molar-refractivity contribution in [1.82, 2.24) is 0 Å². The van der Waals surface area contributed by atoms with Gasteiger partial charge in [-0.25, -0.2) is 4.79 Å². The number of nitro benzene ring substituents is 1. The number of phenols is 1. The van der Waals surface area contributed by atoms with Gasteiger partial charge in [-0.1, -0.05) is 11.6 Å². The van der Waals surface area contributed by atoms with Crippen molar-refractivity contribution in [3.63, 3.8) is 0 Å². The summed E-state index contributed by atoms with van der Waals surface area (Å²) in [5, 5.41) is 23.3. The summed E-state index contributed by atoms with van der Waals surface area (Å²) in [6.45, 7) is 1.31. The molecule has 2 N–H and O–H groups in total. The highest BCUT2D eigenvalue weighted by Crippen LogP contribution is 2.29. The number of phenolic OH excluding ortho intramolecular Hbond substituents is 1. The SMILES string of the molecule is COc1ccc([N+](=O)[O-])cc1NC(=O)[C@@H](C)OC(=O)c1ccc(Cl)cc1O. The Balaban J connectivity index is 2.12. The van der Waals surface area contributed by atoms with Gasteiger partial charge in [0.1, 0.15) is 17.1 Å². The highest BCUT2D eigenvalue weighted by Gasteiger charge is 2.23. The standard InChI is InChI=1S/C17H15ClN2O7/c1-9(27-17(23)12-5-3-10(18)7-14(12)21)16(22)19-13-8-11(20(24)25)4-6-15(13)26-2/h3-9,21H,1-2H3,(H,19,22)/t9-/m1/s1. The zero-order valence-electron chi connectivity index (χ0n) is 14.3. The highest BCUT2D eigenvalue weighted by molar-refractivity contribution is 6.30. The van der Waals surface area contributed by atoms with Crippen molar-refractivity contribution >= 4 is 34.9 Å². The van der Waals surface area contributed by atoms with Crippen molar-refractivity contribution in [2.24, 2.45) is 0 Å². The van der Waals surface area contributed by atoms with Crippen LogP contribution in [0.1, 0.15) is 17.3 Å². The molecule has 27 heavy (non-hydrogen) atoms. The molecule has 0 radical (unpaired) electrons. The molecule has 0 fully saturated rings. The van der Waals surface area contributed by atoms with Crippen molar-refractivity contribution < 1.29 is 29.1 Å². The third-order valence-electron chi connectivity index (χ3n) is 3.48. The maximum absolute atomic E-state index is 12.3. The van der Waals surface area contributed by atoms with Crippen molar-refractivity contribution in [2.45, 2.75) is 13.0 Å². The number of anilines is 1. The maximum Gasteiger partial charge on any atom is 0.342 e. The minimum atomic E-state index is -1.25. The number of hydrogen-bond donors (Lipinski definition) is 2. The van der Waals surface area contributed by atoms with E-state index in [4.69, 9.17) is 21.1 Å². The van der Waals surface area contributed by atoms with Gasteiger partial charge in [-0.05, 0) is 31.2 Å². The van der Waals surface area contributed by atoms with Crippen LogP contribution in [0.25, 0.3) is 0 Å². The van der Waals surface area contributed by atoms with Crippen LogP contribution in [0.15, 0.2) is 36.4 Å². The number of benzene rings is 2. The highest BCUT2D eigenvalue weighted by atomic mass is 35.5. The van der Waals surface area contributed by atoms with Gasteiger partial charge in [0.05, 0.1) is 17.7 Å². The molecule has 0 aliphatic carbocycles. The van der Waals surface area contributed by atoms with Crippen molar-refractivity contribution in [2.75, 3.05) is 12.4 Å². The Kier molecular flexibility index (Phi) is 6.19. The van der Waals surface area contributed by atoms with E-state index in [1.54, 1.807) is 0 Å². The Morgan fingerprint density at radius 1 is 1.26 bits per heavy atom. The quantitative estimate of drug-likeness (QED) is 0.437. The van der Waals surface area contributed by atoms with Gasteiger partial charge in [-0.15, -0.1) is 0 Å². The van der Waals surface area contributed by atoms with Crippen LogP contribution in [-0.4, -0.2) is 35.1 Å². The molecule has 1 atom stereocenters. The summed E-state index contributed by atoms with van der Waals surface area (Å²) in [6, 6.07) is 7.48. The van der Waals surface area contributed by atoms with E-state index >= 15 is 0 Å². The van der Waals surface area contributed by atoms with Gasteiger partial charge < -0.3 is 19.9 Å². The smallest absolute Gasteiger partial charge is 0.342 e. The number of aromatic hydroxyl groups is 1. The summed E-state index contributed by atoms with van der Waals surface area (Å²) < 4.78 is 10.1. The molecule has 0 unspecified atom stereocenters. The van der Waals surface area contributed by atoms with Crippen LogP contribution in [0.3, 0.4) is 0 Å². The molecule has 0 aliphatic rings. The summed E-state index contributed by atoms with van der Waals surface area (Å²) in [6.07, 6.45) is -1.25. The average molecular weight is 395 g/mol. The number of ether oxygens (including phenoxy) is 2. The number of non-ortho nitro benzene ring substituents is 1. The molecule has 0 saturated heterocycles. The third-order valence-corrected chi connectivity index (χ3v) is 3.72. The molecule has 2 rings (SSSR count). The number of carbonyl (C=O) groups is 2. The Labute approximate surface area is 158 Å². The lowest BCUT2D eigenvalue weighted by Gasteiger charge is -2.15. The van der Waals surface area contributed by atoms with Gasteiger partial charge in [0.15, 0.2) is 6.10 Å². The maximum atomic E-state index is 12.3. The largest absolute Gasteiger partial charge is 0.507 e. The molecule has 0 spiro atoms. The second-order valence-corrected chi connectivity index (χ2v) is 5.78. The first-order valence-electron chi connectivity index (χ1n) is 7.55. The van der Waals surface area contributed by atoms with E-state index in [0.717, 1.165) is 12.1 Å². The van der Waals surface area contributed by atoms with Gasteiger partial charge in [-0.2, -0.15) is 0 Å². The van der Waals surface area contributed by atoms with Crippen LogP contribution in [0, 0.1) is 10.1 Å². The van der Waals surface area contributed by atoms with Gasteiger partial charge in [-0.3, -0.25) is 14.9 Å².